The monoisotopic (exact) mass is 335 g/mol. The van der Waals surface area contributed by atoms with Gasteiger partial charge >= 0.3 is 0 Å². The molecule has 1 atom stereocenters. The van der Waals surface area contributed by atoms with Crippen LogP contribution in [-0.4, -0.2) is 12.5 Å². The Hall–Kier alpha value is -2.85. The summed E-state index contributed by atoms with van der Waals surface area (Å²) in [6.07, 6.45) is 2.45. The highest BCUT2D eigenvalue weighted by molar-refractivity contribution is 5.92. The van der Waals surface area contributed by atoms with Crippen LogP contribution in [0.4, 0.5) is 5.69 Å². The van der Waals surface area contributed by atoms with Gasteiger partial charge in [0.25, 0.3) is 5.91 Å². The summed E-state index contributed by atoms with van der Waals surface area (Å²) < 4.78 is 5.37. The van der Waals surface area contributed by atoms with Gasteiger partial charge in [0.15, 0.2) is 12.3 Å². The summed E-state index contributed by atoms with van der Waals surface area (Å²) in [5.41, 5.74) is 3.21. The van der Waals surface area contributed by atoms with Crippen LogP contribution in [0.2, 0.25) is 0 Å². The zero-order valence-electron chi connectivity index (χ0n) is 14.3. The fourth-order valence-electron chi connectivity index (χ4n) is 2.76. The number of nitrogens with two attached hydrogens (primary N) is 1. The molecular formula is C21H23N2O2+. The van der Waals surface area contributed by atoms with Gasteiger partial charge in [-0.1, -0.05) is 48.5 Å². The molecular weight excluding hydrogens is 312 g/mol. The molecule has 0 bridgehead atoms. The van der Waals surface area contributed by atoms with Crippen molar-refractivity contribution in [3.05, 3.63) is 89.9 Å². The standard InChI is InChI=1S/C21H22N2O2/c1-16(20-12-7-13-25-20)22-15-21(24)23-19-11-6-5-10-18(19)14-17-8-3-2-4-9-17/h2-13,16,22H,14-15H2,1H3,(H,23,24)/p+1/t16-/m1/s1. The molecule has 0 fully saturated rings. The van der Waals surface area contributed by atoms with Gasteiger partial charge in [-0.15, -0.1) is 0 Å². The lowest BCUT2D eigenvalue weighted by molar-refractivity contribution is -0.684. The molecule has 0 aliphatic heterocycles. The summed E-state index contributed by atoms with van der Waals surface area (Å²) in [5, 5.41) is 5.00. The minimum absolute atomic E-state index is 0.0149. The van der Waals surface area contributed by atoms with Crippen molar-refractivity contribution in [2.45, 2.75) is 19.4 Å². The second-order valence-corrected chi connectivity index (χ2v) is 6.11. The second kappa shape index (κ2) is 8.31. The molecule has 4 nitrogen and oxygen atoms in total. The smallest absolute Gasteiger partial charge is 0.279 e. The molecule has 0 saturated carbocycles. The van der Waals surface area contributed by atoms with Crippen LogP contribution in [0.1, 0.15) is 29.9 Å². The third-order valence-electron chi connectivity index (χ3n) is 4.18. The van der Waals surface area contributed by atoms with E-state index in [0.717, 1.165) is 23.4 Å². The van der Waals surface area contributed by atoms with Crippen molar-refractivity contribution in [2.75, 3.05) is 11.9 Å². The minimum Gasteiger partial charge on any atom is -0.463 e. The largest absolute Gasteiger partial charge is 0.463 e. The van der Waals surface area contributed by atoms with Gasteiger partial charge < -0.3 is 15.1 Å². The number of benzene rings is 2. The van der Waals surface area contributed by atoms with Crippen LogP contribution >= 0.6 is 0 Å². The van der Waals surface area contributed by atoms with Crippen molar-refractivity contribution >= 4 is 11.6 Å². The molecule has 0 radical (unpaired) electrons. The van der Waals surface area contributed by atoms with Crippen LogP contribution in [-0.2, 0) is 11.2 Å². The molecule has 1 aromatic heterocycles. The Morgan fingerprint density at radius 3 is 2.56 bits per heavy atom. The fourth-order valence-corrected chi connectivity index (χ4v) is 2.76. The molecule has 0 aliphatic rings. The van der Waals surface area contributed by atoms with Crippen LogP contribution in [0, 0.1) is 0 Å². The average Bonchev–Trinajstić information content (AvgIpc) is 3.17. The Kier molecular flexibility index (Phi) is 5.65. The van der Waals surface area contributed by atoms with Gasteiger partial charge in [0.05, 0.1) is 6.26 Å². The van der Waals surface area contributed by atoms with Gasteiger partial charge in [-0.2, -0.15) is 0 Å². The summed E-state index contributed by atoms with van der Waals surface area (Å²) >= 11 is 0. The molecule has 3 rings (SSSR count). The molecule has 2 aromatic carbocycles. The highest BCUT2D eigenvalue weighted by Crippen LogP contribution is 2.19. The molecule has 1 amide bonds. The summed E-state index contributed by atoms with van der Waals surface area (Å²) in [4.78, 5) is 12.3. The van der Waals surface area contributed by atoms with Crippen LogP contribution in [0.5, 0.6) is 0 Å². The first-order valence-corrected chi connectivity index (χ1v) is 8.51. The summed E-state index contributed by atoms with van der Waals surface area (Å²) in [6.45, 7) is 2.37. The van der Waals surface area contributed by atoms with Gasteiger partial charge in [0.1, 0.15) is 6.04 Å². The third-order valence-corrected chi connectivity index (χ3v) is 4.18. The normalized spacial score (nSPS) is 11.9. The Morgan fingerprint density at radius 2 is 1.80 bits per heavy atom. The Bertz CT molecular complexity index is 798. The van der Waals surface area contributed by atoms with Crippen LogP contribution < -0.4 is 10.6 Å². The van der Waals surface area contributed by atoms with Crippen molar-refractivity contribution in [3.63, 3.8) is 0 Å². The number of rotatable bonds is 7. The Labute approximate surface area is 147 Å². The number of hydrogen-bond acceptors (Lipinski definition) is 2. The maximum absolute atomic E-state index is 12.3. The van der Waals surface area contributed by atoms with E-state index in [9.17, 15) is 4.79 Å². The molecule has 25 heavy (non-hydrogen) atoms. The number of carbonyl (C=O) groups is 1. The maximum atomic E-state index is 12.3. The highest BCUT2D eigenvalue weighted by atomic mass is 16.3. The minimum atomic E-state index is -0.0149. The third kappa shape index (κ3) is 4.81. The number of para-hydroxylation sites is 1. The summed E-state index contributed by atoms with van der Waals surface area (Å²) in [6, 6.07) is 22.1. The predicted molar refractivity (Wildman–Crippen MR) is 98.2 cm³/mol. The molecule has 0 unspecified atom stereocenters. The first-order chi connectivity index (χ1) is 12.2. The lowest BCUT2D eigenvalue weighted by Gasteiger charge is -2.12. The highest BCUT2D eigenvalue weighted by Gasteiger charge is 2.14. The van der Waals surface area contributed by atoms with Crippen LogP contribution in [0.25, 0.3) is 0 Å². The predicted octanol–water partition coefficient (Wildman–Crippen LogP) is 3.13. The van der Waals surface area contributed by atoms with Crippen LogP contribution in [0.3, 0.4) is 0 Å². The molecule has 128 valence electrons. The van der Waals surface area contributed by atoms with E-state index < -0.39 is 0 Å². The van der Waals surface area contributed by atoms with Gasteiger partial charge in [0.2, 0.25) is 0 Å². The molecule has 0 saturated heterocycles. The van der Waals surface area contributed by atoms with E-state index in [0.29, 0.717) is 6.54 Å². The van der Waals surface area contributed by atoms with Crippen molar-refractivity contribution in [1.82, 2.24) is 0 Å². The summed E-state index contributed by atoms with van der Waals surface area (Å²) in [7, 11) is 0. The zero-order chi connectivity index (χ0) is 17.5. The number of quaternary nitrogens is 1. The van der Waals surface area contributed by atoms with E-state index in [-0.39, 0.29) is 11.9 Å². The topological polar surface area (TPSA) is 58.9 Å². The maximum Gasteiger partial charge on any atom is 0.279 e. The van der Waals surface area contributed by atoms with E-state index in [1.54, 1.807) is 6.26 Å². The number of carbonyl (C=O) groups excluding carboxylic acids is 1. The molecule has 3 aromatic rings. The first kappa shape index (κ1) is 17.0. The molecule has 0 aliphatic carbocycles. The van der Waals surface area contributed by atoms with E-state index >= 15 is 0 Å². The zero-order valence-corrected chi connectivity index (χ0v) is 14.3. The number of anilines is 1. The number of amides is 1. The molecule has 4 heteroatoms. The van der Waals surface area contributed by atoms with Crippen molar-refractivity contribution in [2.24, 2.45) is 0 Å². The lowest BCUT2D eigenvalue weighted by atomic mass is 10.0. The van der Waals surface area contributed by atoms with Crippen LogP contribution in [0.15, 0.2) is 77.4 Å². The molecule has 1 heterocycles. The molecule has 0 spiro atoms. The Morgan fingerprint density at radius 1 is 1.04 bits per heavy atom. The van der Waals surface area contributed by atoms with Crippen molar-refractivity contribution in [3.8, 4) is 0 Å². The first-order valence-electron chi connectivity index (χ1n) is 8.51. The number of nitrogens with one attached hydrogen (secondary N) is 1. The van der Waals surface area contributed by atoms with E-state index in [1.165, 1.54) is 5.56 Å². The molecule has 3 N–H and O–H groups in total. The number of furan rings is 1. The summed E-state index contributed by atoms with van der Waals surface area (Å²) in [5.74, 6) is 0.858. The van der Waals surface area contributed by atoms with Gasteiger partial charge in [-0.3, -0.25) is 4.79 Å². The SMILES string of the molecule is C[C@@H]([NH2+]CC(=O)Nc1ccccc1Cc1ccccc1)c1ccco1. The van der Waals surface area contributed by atoms with Crippen molar-refractivity contribution in [1.29, 1.82) is 0 Å². The fraction of sp³-hybridized carbons (Fsp3) is 0.190. The van der Waals surface area contributed by atoms with Gasteiger partial charge in [-0.25, -0.2) is 0 Å². The lowest BCUT2D eigenvalue weighted by Crippen LogP contribution is -2.86. The van der Waals surface area contributed by atoms with E-state index in [2.05, 4.69) is 23.5 Å². The number of hydrogen-bond donors (Lipinski definition) is 2. The average molecular weight is 335 g/mol. The van der Waals surface area contributed by atoms with Gasteiger partial charge in [-0.05, 0) is 42.7 Å². The van der Waals surface area contributed by atoms with Crippen molar-refractivity contribution < 1.29 is 14.5 Å². The van der Waals surface area contributed by atoms with E-state index in [1.807, 2.05) is 60.8 Å². The quantitative estimate of drug-likeness (QED) is 0.697. The van der Waals surface area contributed by atoms with E-state index in [4.69, 9.17) is 4.42 Å². The second-order valence-electron chi connectivity index (χ2n) is 6.11. The Balaban J connectivity index is 1.59. The van der Waals surface area contributed by atoms with Gasteiger partial charge in [0, 0.05) is 5.69 Å².